The van der Waals surface area contributed by atoms with E-state index in [1.54, 1.807) is 0 Å². The van der Waals surface area contributed by atoms with Crippen LogP contribution in [-0.4, -0.2) is 0 Å². The van der Waals surface area contributed by atoms with Crippen molar-refractivity contribution in [2.24, 2.45) is 5.41 Å². The first-order valence-corrected chi connectivity index (χ1v) is 10.6. The van der Waals surface area contributed by atoms with Gasteiger partial charge in [-0.05, 0) is 53.6 Å². The summed E-state index contributed by atoms with van der Waals surface area (Å²) in [6.07, 6.45) is 0.726. The van der Waals surface area contributed by atoms with Gasteiger partial charge in [0.25, 0.3) is 10.9 Å². The molecule has 2 aromatic carbocycles. The molecule has 0 bridgehead atoms. The molecule has 4 rings (SSSR count). The second-order valence-electron chi connectivity index (χ2n) is 9.23. The third-order valence-corrected chi connectivity index (χ3v) is 5.94. The second kappa shape index (κ2) is 7.64. The highest BCUT2D eigenvalue weighted by molar-refractivity contribution is 5.81. The third-order valence-electron chi connectivity index (χ3n) is 5.94. The number of nitrogens with one attached hydrogen (secondary N) is 3. The van der Waals surface area contributed by atoms with Crippen LogP contribution in [0.15, 0.2) is 32.2 Å². The van der Waals surface area contributed by atoms with Gasteiger partial charge >= 0.3 is 0 Å². The minimum Gasteiger partial charge on any atom is -0.464 e. The summed E-state index contributed by atoms with van der Waals surface area (Å²) < 4.78 is 20.7. The summed E-state index contributed by atoms with van der Waals surface area (Å²) in [4.78, 5) is 24.8. The highest BCUT2D eigenvalue weighted by Gasteiger charge is 2.33. The molecule has 7 heteroatoms. The molecule has 1 atom stereocenters. The Bertz CT molecular complexity index is 1210. The van der Waals surface area contributed by atoms with Crippen LogP contribution < -0.4 is 26.8 Å². The minimum atomic E-state index is -0.649. The van der Waals surface area contributed by atoms with Gasteiger partial charge < -0.3 is 20.4 Å². The molecule has 0 saturated heterocycles. The van der Waals surface area contributed by atoms with E-state index in [0.29, 0.717) is 18.8 Å². The number of hydrogen-bond donors (Lipinski definition) is 3. The zero-order valence-corrected chi connectivity index (χ0v) is 18.5. The Hall–Kier alpha value is -2.93. The fraction of sp³-hybridized carbons (Fsp3) is 0.417. The Kier molecular flexibility index (Phi) is 5.25. The Morgan fingerprint density at radius 3 is 2.39 bits per heavy atom. The molecule has 0 fully saturated rings. The fourth-order valence-electron chi connectivity index (χ4n) is 4.22. The van der Waals surface area contributed by atoms with Crippen LogP contribution in [0.3, 0.4) is 0 Å². The van der Waals surface area contributed by atoms with Crippen LogP contribution in [0.25, 0.3) is 0 Å². The molecule has 0 aliphatic carbocycles. The zero-order chi connectivity index (χ0) is 22.5. The van der Waals surface area contributed by atoms with Gasteiger partial charge in [-0.15, -0.1) is 0 Å². The van der Waals surface area contributed by atoms with E-state index in [9.17, 15) is 14.0 Å². The molecule has 6 nitrogen and oxygen atoms in total. The average molecular weight is 426 g/mol. The lowest BCUT2D eigenvalue weighted by Crippen LogP contribution is -2.39. The fourth-order valence-corrected chi connectivity index (χ4v) is 4.22. The number of furan rings is 1. The van der Waals surface area contributed by atoms with Crippen LogP contribution in [0.4, 0.5) is 21.5 Å². The molecule has 0 spiro atoms. The van der Waals surface area contributed by atoms with Gasteiger partial charge in [0.15, 0.2) is 0 Å². The highest BCUT2D eigenvalue weighted by atomic mass is 19.1. The van der Waals surface area contributed by atoms with E-state index in [2.05, 4.69) is 16.0 Å². The van der Waals surface area contributed by atoms with E-state index in [1.165, 1.54) is 6.07 Å². The van der Waals surface area contributed by atoms with E-state index in [4.69, 9.17) is 4.42 Å². The number of aryl methyl sites for hydroxylation is 2. The topological polar surface area (TPSA) is 83.4 Å². The molecule has 3 aromatic rings. The van der Waals surface area contributed by atoms with E-state index < -0.39 is 16.7 Å². The summed E-state index contributed by atoms with van der Waals surface area (Å²) in [6.45, 7) is 11.1. The largest absolute Gasteiger partial charge is 0.464 e. The van der Waals surface area contributed by atoms with Gasteiger partial charge in [-0.2, -0.15) is 0 Å². The first kappa shape index (κ1) is 21.3. The summed E-state index contributed by atoms with van der Waals surface area (Å²) >= 11 is 0. The molecule has 164 valence electrons. The van der Waals surface area contributed by atoms with Crippen molar-refractivity contribution in [3.63, 3.8) is 0 Å². The molecule has 0 amide bonds. The van der Waals surface area contributed by atoms with Crippen LogP contribution >= 0.6 is 0 Å². The molecular weight excluding hydrogens is 397 g/mol. The van der Waals surface area contributed by atoms with Crippen molar-refractivity contribution >= 4 is 17.1 Å². The summed E-state index contributed by atoms with van der Waals surface area (Å²) in [5, 5.41) is 9.39. The smallest absolute Gasteiger partial charge is 0.253 e. The lowest BCUT2D eigenvalue weighted by Gasteiger charge is -2.31. The van der Waals surface area contributed by atoms with Crippen molar-refractivity contribution in [3.8, 4) is 0 Å². The number of benzene rings is 1. The van der Waals surface area contributed by atoms with E-state index in [0.717, 1.165) is 28.9 Å². The van der Waals surface area contributed by atoms with Crippen molar-refractivity contribution in [1.29, 1.82) is 0 Å². The predicted octanol–water partition coefficient (Wildman–Crippen LogP) is 4.43. The first-order chi connectivity index (χ1) is 14.6. The molecule has 0 radical (unpaired) electrons. The molecule has 0 unspecified atom stereocenters. The van der Waals surface area contributed by atoms with E-state index in [-0.39, 0.29) is 28.5 Å². The Labute approximate surface area is 180 Å². The number of anilines is 3. The first-order valence-electron chi connectivity index (χ1n) is 10.6. The highest BCUT2D eigenvalue weighted by Crippen LogP contribution is 2.39. The van der Waals surface area contributed by atoms with Crippen LogP contribution in [0.1, 0.15) is 61.9 Å². The van der Waals surface area contributed by atoms with Crippen LogP contribution in [0.2, 0.25) is 0 Å². The maximum atomic E-state index is 14.9. The Morgan fingerprint density at radius 2 is 1.77 bits per heavy atom. The molecule has 3 N–H and O–H groups in total. The SMILES string of the molecule is CCc1cc(F)c(Nc2c(N[C@@H](c3ccc(C)o3)C(C)(C)C)c(=O)c2=O)c2c1CNC2. The Morgan fingerprint density at radius 1 is 1.10 bits per heavy atom. The van der Waals surface area contributed by atoms with Gasteiger partial charge in [0.05, 0.1) is 11.7 Å². The monoisotopic (exact) mass is 425 g/mol. The van der Waals surface area contributed by atoms with Crippen LogP contribution in [-0.2, 0) is 19.5 Å². The maximum absolute atomic E-state index is 14.9. The van der Waals surface area contributed by atoms with Crippen molar-refractivity contribution in [2.45, 2.75) is 60.2 Å². The van der Waals surface area contributed by atoms with Crippen LogP contribution in [0, 0.1) is 18.2 Å². The summed E-state index contributed by atoms with van der Waals surface area (Å²) in [5.74, 6) is 1.01. The molecule has 2 heterocycles. The van der Waals surface area contributed by atoms with Crippen molar-refractivity contribution in [3.05, 3.63) is 72.7 Å². The van der Waals surface area contributed by atoms with Crippen molar-refractivity contribution < 1.29 is 8.81 Å². The van der Waals surface area contributed by atoms with Gasteiger partial charge in [0, 0.05) is 13.1 Å². The zero-order valence-electron chi connectivity index (χ0n) is 18.5. The summed E-state index contributed by atoms with van der Waals surface area (Å²) in [6, 6.07) is 4.89. The normalized spacial score (nSPS) is 14.6. The summed E-state index contributed by atoms with van der Waals surface area (Å²) in [7, 11) is 0. The van der Waals surface area contributed by atoms with Crippen LogP contribution in [0.5, 0.6) is 0 Å². The predicted molar refractivity (Wildman–Crippen MR) is 120 cm³/mol. The third kappa shape index (κ3) is 3.67. The lowest BCUT2D eigenvalue weighted by atomic mass is 9.84. The number of hydrogen-bond acceptors (Lipinski definition) is 6. The Balaban J connectivity index is 1.71. The number of fused-ring (bicyclic) bond motifs is 1. The molecular formula is C24H28FN3O3. The minimum absolute atomic E-state index is 0.0970. The average Bonchev–Trinajstić information content (AvgIpc) is 3.36. The van der Waals surface area contributed by atoms with Gasteiger partial charge in [0.1, 0.15) is 28.7 Å². The van der Waals surface area contributed by atoms with Gasteiger partial charge in [-0.3, -0.25) is 9.59 Å². The van der Waals surface area contributed by atoms with Gasteiger partial charge in [0.2, 0.25) is 0 Å². The molecule has 1 aliphatic rings. The number of halogens is 1. The maximum Gasteiger partial charge on any atom is 0.253 e. The summed E-state index contributed by atoms with van der Waals surface area (Å²) in [5.41, 5.74) is 1.77. The molecule has 1 aliphatic heterocycles. The van der Waals surface area contributed by atoms with Gasteiger partial charge in [-0.1, -0.05) is 27.7 Å². The van der Waals surface area contributed by atoms with Crippen molar-refractivity contribution in [1.82, 2.24) is 5.32 Å². The van der Waals surface area contributed by atoms with Crippen molar-refractivity contribution in [2.75, 3.05) is 10.6 Å². The molecule has 31 heavy (non-hydrogen) atoms. The lowest BCUT2D eigenvalue weighted by molar-refractivity contribution is 0.300. The standard InChI is InChI=1S/C24H28FN3O3/c1-6-13-9-16(25)18(15-11-26-10-14(13)15)27-19-20(22(30)21(19)29)28-23(24(3,4)5)17-8-7-12(2)31-17/h7-9,23,26-28H,6,10-11H2,1-5H3/t23-/m0/s1. The quantitative estimate of drug-likeness (QED) is 0.507. The molecule has 0 saturated carbocycles. The number of rotatable bonds is 6. The molecule has 1 aromatic heterocycles. The van der Waals surface area contributed by atoms with E-state index in [1.807, 2.05) is 46.8 Å². The van der Waals surface area contributed by atoms with Gasteiger partial charge in [-0.25, -0.2) is 4.39 Å². The second-order valence-corrected chi connectivity index (χ2v) is 9.23. The van der Waals surface area contributed by atoms with E-state index >= 15 is 0 Å².